The van der Waals surface area contributed by atoms with E-state index in [1.165, 1.54) is 5.56 Å². The molecule has 0 bridgehead atoms. The van der Waals surface area contributed by atoms with Crippen molar-refractivity contribution in [1.29, 1.82) is 0 Å². The summed E-state index contributed by atoms with van der Waals surface area (Å²) in [4.78, 5) is 12.1. The van der Waals surface area contributed by atoms with Gasteiger partial charge in [0.1, 0.15) is 0 Å². The molecular weight excluding hydrogens is 222 g/mol. The second-order valence-electron chi connectivity index (χ2n) is 5.91. The van der Waals surface area contributed by atoms with Gasteiger partial charge >= 0.3 is 0 Å². The van der Waals surface area contributed by atoms with Gasteiger partial charge in [0.2, 0.25) is 0 Å². The standard InChI is InChI=1S/C16H25NO/c1-12-11-13(16(2,3)4)8-9-14(12)15(18)7-6-10-17-5/h8-9,11,17H,6-7,10H2,1-5H3. The van der Waals surface area contributed by atoms with E-state index in [1.54, 1.807) is 0 Å². The highest BCUT2D eigenvalue weighted by atomic mass is 16.1. The minimum absolute atomic E-state index is 0.137. The average Bonchev–Trinajstić information content (AvgIpc) is 2.27. The maximum absolute atomic E-state index is 12.1. The lowest BCUT2D eigenvalue weighted by Gasteiger charge is -2.20. The average molecular weight is 247 g/mol. The fourth-order valence-corrected chi connectivity index (χ4v) is 2.00. The van der Waals surface area contributed by atoms with Gasteiger partial charge < -0.3 is 5.32 Å². The Hall–Kier alpha value is -1.15. The summed E-state index contributed by atoms with van der Waals surface area (Å²) < 4.78 is 0. The van der Waals surface area contributed by atoms with E-state index in [0.717, 1.165) is 24.1 Å². The quantitative estimate of drug-likeness (QED) is 0.637. The molecule has 0 aliphatic carbocycles. The molecule has 0 aromatic heterocycles. The Labute approximate surface area is 111 Å². The van der Waals surface area contributed by atoms with Gasteiger partial charge in [-0.1, -0.05) is 39.0 Å². The number of rotatable bonds is 5. The Balaban J connectivity index is 2.82. The molecule has 0 unspecified atom stereocenters. The molecule has 0 radical (unpaired) electrons. The first-order valence-electron chi connectivity index (χ1n) is 6.65. The van der Waals surface area contributed by atoms with Crippen molar-refractivity contribution in [3.8, 4) is 0 Å². The number of carbonyl (C=O) groups excluding carboxylic acids is 1. The summed E-state index contributed by atoms with van der Waals surface area (Å²) in [6, 6.07) is 6.21. The Bertz CT molecular complexity index is 416. The van der Waals surface area contributed by atoms with Gasteiger partial charge in [-0.15, -0.1) is 0 Å². The Morgan fingerprint density at radius 1 is 1.28 bits per heavy atom. The molecule has 1 aromatic rings. The van der Waals surface area contributed by atoms with Crippen molar-refractivity contribution < 1.29 is 4.79 Å². The van der Waals surface area contributed by atoms with Gasteiger partial charge in [0.25, 0.3) is 0 Å². The SMILES string of the molecule is CNCCCC(=O)c1ccc(C(C)(C)C)cc1C. The fourth-order valence-electron chi connectivity index (χ4n) is 2.00. The van der Waals surface area contributed by atoms with Gasteiger partial charge in [-0.2, -0.15) is 0 Å². The predicted octanol–water partition coefficient (Wildman–Crippen LogP) is 3.47. The summed E-state index contributed by atoms with van der Waals surface area (Å²) >= 11 is 0. The fraction of sp³-hybridized carbons (Fsp3) is 0.562. The van der Waals surface area contributed by atoms with Crippen molar-refractivity contribution in [2.45, 2.75) is 46.0 Å². The number of nitrogens with one attached hydrogen (secondary N) is 1. The molecule has 0 spiro atoms. The van der Waals surface area contributed by atoms with Crippen LogP contribution in [-0.4, -0.2) is 19.4 Å². The van der Waals surface area contributed by atoms with Crippen molar-refractivity contribution in [3.63, 3.8) is 0 Å². The van der Waals surface area contributed by atoms with Crippen LogP contribution in [0.15, 0.2) is 18.2 Å². The van der Waals surface area contributed by atoms with E-state index in [4.69, 9.17) is 0 Å². The summed E-state index contributed by atoms with van der Waals surface area (Å²) in [6.07, 6.45) is 1.52. The van der Waals surface area contributed by atoms with E-state index < -0.39 is 0 Å². The maximum Gasteiger partial charge on any atom is 0.163 e. The van der Waals surface area contributed by atoms with E-state index in [-0.39, 0.29) is 11.2 Å². The van der Waals surface area contributed by atoms with Gasteiger partial charge in [0, 0.05) is 12.0 Å². The number of aryl methyl sites for hydroxylation is 1. The topological polar surface area (TPSA) is 29.1 Å². The van der Waals surface area contributed by atoms with Gasteiger partial charge in [-0.25, -0.2) is 0 Å². The second-order valence-corrected chi connectivity index (χ2v) is 5.91. The van der Waals surface area contributed by atoms with Crippen LogP contribution in [0, 0.1) is 6.92 Å². The molecule has 0 saturated carbocycles. The first-order chi connectivity index (χ1) is 8.36. The molecule has 0 amide bonds. The maximum atomic E-state index is 12.1. The van der Waals surface area contributed by atoms with Gasteiger partial charge in [0.05, 0.1) is 0 Å². The van der Waals surface area contributed by atoms with Crippen LogP contribution in [0.5, 0.6) is 0 Å². The minimum Gasteiger partial charge on any atom is -0.320 e. The van der Waals surface area contributed by atoms with Crippen LogP contribution < -0.4 is 5.32 Å². The summed E-state index contributed by atoms with van der Waals surface area (Å²) in [5, 5.41) is 3.07. The summed E-state index contributed by atoms with van der Waals surface area (Å²) in [7, 11) is 1.91. The van der Waals surface area contributed by atoms with Crippen molar-refractivity contribution in [2.24, 2.45) is 0 Å². The number of hydrogen-bond donors (Lipinski definition) is 1. The zero-order valence-corrected chi connectivity index (χ0v) is 12.3. The zero-order chi connectivity index (χ0) is 13.8. The van der Waals surface area contributed by atoms with E-state index in [2.05, 4.69) is 38.2 Å². The third-order valence-corrected chi connectivity index (χ3v) is 3.22. The highest BCUT2D eigenvalue weighted by Gasteiger charge is 2.16. The molecule has 0 saturated heterocycles. The van der Waals surface area contributed by atoms with Crippen LogP contribution in [-0.2, 0) is 5.41 Å². The molecule has 1 rings (SSSR count). The van der Waals surface area contributed by atoms with E-state index >= 15 is 0 Å². The normalized spacial score (nSPS) is 11.6. The third kappa shape index (κ3) is 3.95. The smallest absolute Gasteiger partial charge is 0.163 e. The van der Waals surface area contributed by atoms with Crippen LogP contribution in [0.4, 0.5) is 0 Å². The molecule has 0 atom stereocenters. The molecule has 18 heavy (non-hydrogen) atoms. The summed E-state index contributed by atoms with van der Waals surface area (Å²) in [5.41, 5.74) is 3.39. The molecule has 100 valence electrons. The molecule has 1 N–H and O–H groups in total. The van der Waals surface area contributed by atoms with Crippen LogP contribution in [0.25, 0.3) is 0 Å². The lowest BCUT2D eigenvalue weighted by molar-refractivity contribution is 0.0979. The van der Waals surface area contributed by atoms with Crippen molar-refractivity contribution in [3.05, 3.63) is 34.9 Å². The molecule has 0 heterocycles. The Kier molecular flexibility index (Phi) is 5.09. The van der Waals surface area contributed by atoms with E-state index in [0.29, 0.717) is 6.42 Å². The first kappa shape index (κ1) is 14.9. The van der Waals surface area contributed by atoms with E-state index in [1.807, 2.05) is 20.0 Å². The number of hydrogen-bond acceptors (Lipinski definition) is 2. The van der Waals surface area contributed by atoms with Gasteiger partial charge in [-0.3, -0.25) is 4.79 Å². The summed E-state index contributed by atoms with van der Waals surface area (Å²) in [5.74, 6) is 0.253. The first-order valence-corrected chi connectivity index (χ1v) is 6.65. The monoisotopic (exact) mass is 247 g/mol. The van der Waals surface area contributed by atoms with Crippen LogP contribution in [0.1, 0.15) is 55.1 Å². The second kappa shape index (κ2) is 6.14. The Morgan fingerprint density at radius 3 is 2.44 bits per heavy atom. The number of Topliss-reactive ketones (excluding diaryl/α,β-unsaturated/α-hetero) is 1. The molecule has 2 nitrogen and oxygen atoms in total. The zero-order valence-electron chi connectivity index (χ0n) is 12.3. The third-order valence-electron chi connectivity index (χ3n) is 3.22. The highest BCUT2D eigenvalue weighted by molar-refractivity contribution is 5.97. The molecular formula is C16H25NO. The number of benzene rings is 1. The lowest BCUT2D eigenvalue weighted by atomic mass is 9.85. The highest BCUT2D eigenvalue weighted by Crippen LogP contribution is 2.24. The molecule has 2 heteroatoms. The number of ketones is 1. The minimum atomic E-state index is 0.137. The van der Waals surface area contributed by atoms with Crippen molar-refractivity contribution >= 4 is 5.78 Å². The number of carbonyl (C=O) groups is 1. The van der Waals surface area contributed by atoms with Crippen molar-refractivity contribution in [1.82, 2.24) is 5.32 Å². The van der Waals surface area contributed by atoms with Crippen LogP contribution >= 0.6 is 0 Å². The van der Waals surface area contributed by atoms with Gasteiger partial charge in [0.15, 0.2) is 5.78 Å². The van der Waals surface area contributed by atoms with Crippen LogP contribution in [0.2, 0.25) is 0 Å². The van der Waals surface area contributed by atoms with E-state index in [9.17, 15) is 4.79 Å². The summed E-state index contributed by atoms with van der Waals surface area (Å²) in [6.45, 7) is 9.49. The molecule has 0 aliphatic rings. The Morgan fingerprint density at radius 2 is 1.94 bits per heavy atom. The lowest BCUT2D eigenvalue weighted by Crippen LogP contribution is -2.13. The van der Waals surface area contributed by atoms with Gasteiger partial charge in [-0.05, 0) is 43.5 Å². The predicted molar refractivity (Wildman–Crippen MR) is 77.4 cm³/mol. The molecule has 0 aliphatic heterocycles. The molecule has 1 aromatic carbocycles. The largest absolute Gasteiger partial charge is 0.320 e. The molecule has 0 fully saturated rings. The van der Waals surface area contributed by atoms with Crippen LogP contribution in [0.3, 0.4) is 0 Å². The van der Waals surface area contributed by atoms with Crippen molar-refractivity contribution in [2.75, 3.05) is 13.6 Å².